The second-order valence-corrected chi connectivity index (χ2v) is 4.08. The molecule has 5 nitrogen and oxygen atoms in total. The first-order valence-corrected chi connectivity index (χ1v) is 5.96. The van der Waals surface area contributed by atoms with Crippen molar-refractivity contribution < 1.29 is 0 Å². The minimum Gasteiger partial charge on any atom is -0.308 e. The third-order valence-electron chi connectivity index (χ3n) is 2.86. The second kappa shape index (κ2) is 5.55. The fraction of sp³-hybridized carbons (Fsp3) is 0.308. The van der Waals surface area contributed by atoms with Crippen LogP contribution in [0, 0.1) is 6.92 Å². The SMILES string of the molecule is CCc1c(C)nc(Cc2ccncc2)nc1NN. The van der Waals surface area contributed by atoms with Crippen molar-refractivity contribution in [3.8, 4) is 0 Å². The molecular weight excluding hydrogens is 226 g/mol. The van der Waals surface area contributed by atoms with Gasteiger partial charge in [0.25, 0.3) is 0 Å². The summed E-state index contributed by atoms with van der Waals surface area (Å²) in [4.78, 5) is 13.0. The average molecular weight is 243 g/mol. The van der Waals surface area contributed by atoms with Gasteiger partial charge in [-0.25, -0.2) is 15.8 Å². The summed E-state index contributed by atoms with van der Waals surface area (Å²) in [6.45, 7) is 4.05. The summed E-state index contributed by atoms with van der Waals surface area (Å²) in [6.07, 6.45) is 5.08. The number of hydrogen-bond donors (Lipinski definition) is 2. The average Bonchev–Trinajstić information content (AvgIpc) is 2.39. The molecule has 2 aromatic rings. The van der Waals surface area contributed by atoms with E-state index >= 15 is 0 Å². The van der Waals surface area contributed by atoms with E-state index in [4.69, 9.17) is 5.84 Å². The summed E-state index contributed by atoms with van der Waals surface area (Å²) in [6, 6.07) is 3.92. The Labute approximate surface area is 106 Å². The molecule has 5 heteroatoms. The molecule has 0 radical (unpaired) electrons. The van der Waals surface area contributed by atoms with E-state index in [0.717, 1.165) is 29.1 Å². The maximum atomic E-state index is 5.51. The van der Waals surface area contributed by atoms with Gasteiger partial charge in [0, 0.05) is 30.1 Å². The van der Waals surface area contributed by atoms with Gasteiger partial charge in [0.2, 0.25) is 0 Å². The molecule has 0 amide bonds. The molecular formula is C13H17N5. The van der Waals surface area contributed by atoms with Crippen LogP contribution >= 0.6 is 0 Å². The van der Waals surface area contributed by atoms with Crippen LogP contribution in [-0.4, -0.2) is 15.0 Å². The first-order chi connectivity index (χ1) is 8.74. The third kappa shape index (κ3) is 2.62. The van der Waals surface area contributed by atoms with Gasteiger partial charge in [0.15, 0.2) is 0 Å². The summed E-state index contributed by atoms with van der Waals surface area (Å²) in [7, 11) is 0. The van der Waals surface area contributed by atoms with Crippen molar-refractivity contribution >= 4 is 5.82 Å². The topological polar surface area (TPSA) is 76.7 Å². The Bertz CT molecular complexity index is 524. The highest BCUT2D eigenvalue weighted by molar-refractivity contribution is 5.45. The molecule has 2 rings (SSSR count). The van der Waals surface area contributed by atoms with Crippen molar-refractivity contribution in [2.45, 2.75) is 26.7 Å². The number of nitrogen functional groups attached to an aromatic ring is 1. The van der Waals surface area contributed by atoms with Crippen LogP contribution in [0.4, 0.5) is 5.82 Å². The highest BCUT2D eigenvalue weighted by Gasteiger charge is 2.09. The molecule has 18 heavy (non-hydrogen) atoms. The Balaban J connectivity index is 2.32. The van der Waals surface area contributed by atoms with Crippen LogP contribution in [-0.2, 0) is 12.8 Å². The molecule has 0 bridgehead atoms. The smallest absolute Gasteiger partial charge is 0.147 e. The van der Waals surface area contributed by atoms with Crippen molar-refractivity contribution in [2.75, 3.05) is 5.43 Å². The summed E-state index contributed by atoms with van der Waals surface area (Å²) in [5.74, 6) is 6.99. The summed E-state index contributed by atoms with van der Waals surface area (Å²) >= 11 is 0. The molecule has 0 fully saturated rings. The number of aromatic nitrogens is 3. The molecule has 0 saturated heterocycles. The van der Waals surface area contributed by atoms with Crippen LogP contribution < -0.4 is 11.3 Å². The zero-order valence-electron chi connectivity index (χ0n) is 10.6. The molecule has 0 spiro atoms. The number of pyridine rings is 1. The van der Waals surface area contributed by atoms with Crippen LogP contribution in [0.1, 0.15) is 29.6 Å². The third-order valence-corrected chi connectivity index (χ3v) is 2.86. The van der Waals surface area contributed by atoms with Crippen molar-refractivity contribution in [1.82, 2.24) is 15.0 Å². The van der Waals surface area contributed by atoms with E-state index in [-0.39, 0.29) is 0 Å². The molecule has 0 aliphatic carbocycles. The van der Waals surface area contributed by atoms with Crippen LogP contribution in [0.2, 0.25) is 0 Å². The highest BCUT2D eigenvalue weighted by Crippen LogP contribution is 2.17. The summed E-state index contributed by atoms with van der Waals surface area (Å²) < 4.78 is 0. The van der Waals surface area contributed by atoms with E-state index in [0.29, 0.717) is 12.2 Å². The molecule has 0 aliphatic rings. The van der Waals surface area contributed by atoms with Gasteiger partial charge < -0.3 is 5.43 Å². The Morgan fingerprint density at radius 3 is 2.56 bits per heavy atom. The zero-order valence-corrected chi connectivity index (χ0v) is 10.6. The normalized spacial score (nSPS) is 10.4. The van der Waals surface area contributed by atoms with Crippen LogP contribution in [0.3, 0.4) is 0 Å². The fourth-order valence-corrected chi connectivity index (χ4v) is 1.96. The van der Waals surface area contributed by atoms with Gasteiger partial charge in [0.05, 0.1) is 0 Å². The molecule has 0 aliphatic heterocycles. The monoisotopic (exact) mass is 243 g/mol. The Hall–Kier alpha value is -2.01. The minimum atomic E-state index is 0.683. The lowest BCUT2D eigenvalue weighted by Gasteiger charge is -2.11. The number of hydrazine groups is 1. The molecule has 94 valence electrons. The first kappa shape index (κ1) is 12.4. The number of nitrogens with one attached hydrogen (secondary N) is 1. The Morgan fingerprint density at radius 1 is 1.22 bits per heavy atom. The van der Waals surface area contributed by atoms with Crippen molar-refractivity contribution in [3.63, 3.8) is 0 Å². The number of rotatable bonds is 4. The minimum absolute atomic E-state index is 0.683. The lowest BCUT2D eigenvalue weighted by Crippen LogP contribution is -2.14. The molecule has 0 atom stereocenters. The standard InChI is InChI=1S/C13H17N5/c1-3-11-9(2)16-12(17-13(11)18-14)8-10-4-6-15-7-5-10/h4-7H,3,8,14H2,1-2H3,(H,16,17,18). The first-order valence-electron chi connectivity index (χ1n) is 5.96. The predicted molar refractivity (Wildman–Crippen MR) is 71.0 cm³/mol. The maximum Gasteiger partial charge on any atom is 0.147 e. The van der Waals surface area contributed by atoms with Crippen molar-refractivity contribution in [3.05, 3.63) is 47.2 Å². The van der Waals surface area contributed by atoms with Gasteiger partial charge in [0.1, 0.15) is 11.6 Å². The number of nitrogens with zero attached hydrogens (tertiary/aromatic N) is 3. The Morgan fingerprint density at radius 2 is 1.94 bits per heavy atom. The van der Waals surface area contributed by atoms with E-state index in [1.54, 1.807) is 12.4 Å². The number of aryl methyl sites for hydroxylation is 1. The highest BCUT2D eigenvalue weighted by atomic mass is 15.3. The summed E-state index contributed by atoms with van der Waals surface area (Å²) in [5.41, 5.74) is 5.83. The molecule has 2 aromatic heterocycles. The summed E-state index contributed by atoms with van der Waals surface area (Å²) in [5, 5.41) is 0. The van der Waals surface area contributed by atoms with Gasteiger partial charge in [-0.05, 0) is 31.0 Å². The van der Waals surface area contributed by atoms with Crippen molar-refractivity contribution in [2.24, 2.45) is 5.84 Å². The number of hydrogen-bond acceptors (Lipinski definition) is 5. The largest absolute Gasteiger partial charge is 0.308 e. The van der Waals surface area contributed by atoms with Gasteiger partial charge >= 0.3 is 0 Å². The van der Waals surface area contributed by atoms with Crippen LogP contribution in [0.25, 0.3) is 0 Å². The molecule has 0 saturated carbocycles. The Kier molecular flexibility index (Phi) is 3.84. The van der Waals surface area contributed by atoms with Gasteiger partial charge in [-0.15, -0.1) is 0 Å². The van der Waals surface area contributed by atoms with E-state index in [2.05, 4.69) is 27.3 Å². The van der Waals surface area contributed by atoms with Crippen LogP contribution in [0.15, 0.2) is 24.5 Å². The lowest BCUT2D eigenvalue weighted by molar-refractivity contribution is 0.902. The maximum absolute atomic E-state index is 5.51. The molecule has 0 unspecified atom stereocenters. The van der Waals surface area contributed by atoms with E-state index in [9.17, 15) is 0 Å². The predicted octanol–water partition coefficient (Wildman–Crippen LogP) is 1.62. The van der Waals surface area contributed by atoms with Gasteiger partial charge in [-0.2, -0.15) is 0 Å². The van der Waals surface area contributed by atoms with Gasteiger partial charge in [-0.3, -0.25) is 4.98 Å². The van der Waals surface area contributed by atoms with Gasteiger partial charge in [-0.1, -0.05) is 6.92 Å². The van der Waals surface area contributed by atoms with E-state index < -0.39 is 0 Å². The number of anilines is 1. The second-order valence-electron chi connectivity index (χ2n) is 4.08. The molecule has 3 N–H and O–H groups in total. The fourth-order valence-electron chi connectivity index (χ4n) is 1.96. The van der Waals surface area contributed by atoms with Crippen molar-refractivity contribution in [1.29, 1.82) is 0 Å². The lowest BCUT2D eigenvalue weighted by atomic mass is 10.1. The molecule has 0 aromatic carbocycles. The van der Waals surface area contributed by atoms with Crippen LogP contribution in [0.5, 0.6) is 0 Å². The van der Waals surface area contributed by atoms with E-state index in [1.165, 1.54) is 0 Å². The zero-order chi connectivity index (χ0) is 13.0. The molecule has 2 heterocycles. The number of nitrogens with two attached hydrogens (primary N) is 1. The quantitative estimate of drug-likeness (QED) is 0.630. The van der Waals surface area contributed by atoms with E-state index in [1.807, 2.05) is 19.1 Å².